The summed E-state index contributed by atoms with van der Waals surface area (Å²) in [5, 5.41) is 1.88. The smallest absolute Gasteiger partial charge is 0.277 e. The molecule has 5 heterocycles. The molecule has 0 saturated heterocycles. The van der Waals surface area contributed by atoms with Crippen LogP contribution in [-0.2, 0) is 0 Å². The number of hydrogen-bond donors (Lipinski definition) is 0. The average molecular weight is 648 g/mol. The molecule has 0 bridgehead atoms. The second-order valence-corrected chi connectivity index (χ2v) is 14.1. The molecule has 0 radical (unpaired) electrons. The molecule has 0 N–H and O–H groups in total. The Balaban J connectivity index is 1.38. The van der Waals surface area contributed by atoms with Crippen molar-refractivity contribution < 1.29 is 8.78 Å². The molecule has 47 heavy (non-hydrogen) atoms. The van der Waals surface area contributed by atoms with E-state index in [1.807, 2.05) is 43.3 Å². The van der Waals surface area contributed by atoms with Crippen LogP contribution in [0.3, 0.4) is 0 Å². The molecule has 8 heteroatoms. The van der Waals surface area contributed by atoms with Crippen LogP contribution in [0.4, 0.5) is 42.9 Å². The highest BCUT2D eigenvalue weighted by Gasteiger charge is 2.47. The number of rotatable bonds is 3. The van der Waals surface area contributed by atoms with Crippen molar-refractivity contribution in [2.24, 2.45) is 0 Å². The van der Waals surface area contributed by atoms with E-state index in [2.05, 4.69) is 99.3 Å². The molecule has 0 amide bonds. The quantitative estimate of drug-likeness (QED) is 0.177. The van der Waals surface area contributed by atoms with Crippen LogP contribution in [0.5, 0.6) is 0 Å². The van der Waals surface area contributed by atoms with E-state index < -0.39 is 0 Å². The number of fused-ring (bicyclic) bond motifs is 7. The van der Waals surface area contributed by atoms with E-state index in [1.54, 1.807) is 6.07 Å². The Bertz CT molecular complexity index is 2480. The van der Waals surface area contributed by atoms with Gasteiger partial charge in [-0.05, 0) is 60.9 Å². The van der Waals surface area contributed by atoms with Gasteiger partial charge in [-0.25, -0.2) is 0 Å². The summed E-state index contributed by atoms with van der Waals surface area (Å²) < 4.78 is 35.4. The molecule has 0 saturated carbocycles. The van der Waals surface area contributed by atoms with Gasteiger partial charge in [-0.2, -0.15) is 8.78 Å². The molecule has 3 nitrogen and oxygen atoms in total. The Kier molecular flexibility index (Phi) is 5.69. The minimum atomic E-state index is -0.306. The Morgan fingerprint density at radius 1 is 0.553 bits per heavy atom. The third kappa shape index (κ3) is 3.71. The Morgan fingerprint density at radius 2 is 1.11 bits per heavy atom. The van der Waals surface area contributed by atoms with E-state index >= 15 is 8.78 Å². The molecule has 2 aliphatic rings. The molecular formula is C39H24BF2N3S2. The van der Waals surface area contributed by atoms with Gasteiger partial charge in [-0.1, -0.05) is 72.8 Å². The lowest BCUT2D eigenvalue weighted by atomic mass is 9.39. The molecule has 0 unspecified atom stereocenters. The van der Waals surface area contributed by atoms with E-state index in [0.29, 0.717) is 5.56 Å². The zero-order valence-electron chi connectivity index (χ0n) is 25.1. The van der Waals surface area contributed by atoms with Gasteiger partial charge in [0.05, 0.1) is 28.1 Å². The van der Waals surface area contributed by atoms with Crippen molar-refractivity contribution >= 4 is 100 Å². The molecule has 2 aliphatic heterocycles. The lowest BCUT2D eigenvalue weighted by molar-refractivity contribution is 0.649. The van der Waals surface area contributed by atoms with Crippen LogP contribution >= 0.6 is 22.7 Å². The first-order chi connectivity index (χ1) is 23.1. The van der Waals surface area contributed by atoms with Crippen LogP contribution in [-0.4, -0.2) is 11.3 Å². The Hall–Kier alpha value is -5.18. The van der Waals surface area contributed by atoms with Crippen LogP contribution in [0.1, 0.15) is 5.56 Å². The summed E-state index contributed by atoms with van der Waals surface area (Å²) in [5.41, 5.74) is 10.3. The van der Waals surface area contributed by atoms with Crippen molar-refractivity contribution in [3.8, 4) is 5.69 Å². The second-order valence-electron chi connectivity index (χ2n) is 12.1. The predicted molar refractivity (Wildman–Crippen MR) is 195 cm³/mol. The molecule has 0 aliphatic carbocycles. The van der Waals surface area contributed by atoms with E-state index in [4.69, 9.17) is 0 Å². The first-order valence-electron chi connectivity index (χ1n) is 15.5. The molecule has 3 aromatic heterocycles. The van der Waals surface area contributed by atoms with E-state index in [9.17, 15) is 0 Å². The maximum Gasteiger partial charge on any atom is 0.277 e. The van der Waals surface area contributed by atoms with E-state index in [0.717, 1.165) is 77.2 Å². The highest BCUT2D eigenvalue weighted by molar-refractivity contribution is 7.35. The third-order valence-corrected chi connectivity index (χ3v) is 11.7. The summed E-state index contributed by atoms with van der Waals surface area (Å²) in [4.78, 5) is 4.40. The first-order valence-corrected chi connectivity index (χ1v) is 17.2. The fraction of sp³-hybridized carbons (Fsp3) is 0.0256. The van der Waals surface area contributed by atoms with Crippen molar-refractivity contribution in [2.45, 2.75) is 6.92 Å². The zero-order chi connectivity index (χ0) is 31.4. The summed E-state index contributed by atoms with van der Waals surface area (Å²) >= 11 is 2.34. The van der Waals surface area contributed by atoms with Crippen molar-refractivity contribution in [1.82, 2.24) is 4.57 Å². The molecule has 224 valence electrons. The van der Waals surface area contributed by atoms with E-state index in [1.165, 1.54) is 22.1 Å². The van der Waals surface area contributed by atoms with Gasteiger partial charge in [-0.15, -0.1) is 22.7 Å². The highest BCUT2D eigenvalue weighted by Crippen LogP contribution is 2.48. The van der Waals surface area contributed by atoms with Gasteiger partial charge in [0, 0.05) is 54.7 Å². The van der Waals surface area contributed by atoms with Crippen LogP contribution in [0.15, 0.2) is 127 Å². The van der Waals surface area contributed by atoms with Crippen LogP contribution in [0.2, 0.25) is 0 Å². The summed E-state index contributed by atoms with van der Waals surface area (Å²) in [6.07, 6.45) is 0. The summed E-state index contributed by atoms with van der Waals surface area (Å²) in [7, 11) is 0. The van der Waals surface area contributed by atoms with Gasteiger partial charge in [0.25, 0.3) is 6.71 Å². The van der Waals surface area contributed by atoms with Crippen molar-refractivity contribution in [3.63, 3.8) is 0 Å². The summed E-state index contributed by atoms with van der Waals surface area (Å²) in [6.45, 7) is 1.55. The number of benzene rings is 5. The van der Waals surface area contributed by atoms with Crippen molar-refractivity contribution in [3.05, 3.63) is 143 Å². The molecule has 8 aromatic rings. The minimum absolute atomic E-state index is 0.211. The number of hydrogen-bond acceptors (Lipinski definition) is 4. The third-order valence-electron chi connectivity index (χ3n) is 9.54. The summed E-state index contributed by atoms with van der Waals surface area (Å²) in [5.74, 6) is 0. The number of para-hydroxylation sites is 4. The monoisotopic (exact) mass is 647 g/mol. The predicted octanol–water partition coefficient (Wildman–Crippen LogP) is 9.58. The van der Waals surface area contributed by atoms with Gasteiger partial charge in [-0.3, -0.25) is 0 Å². The van der Waals surface area contributed by atoms with E-state index in [-0.39, 0.29) is 17.0 Å². The summed E-state index contributed by atoms with van der Waals surface area (Å²) in [6, 6.07) is 43.4. The second kappa shape index (κ2) is 9.91. The van der Waals surface area contributed by atoms with Gasteiger partial charge in [0.2, 0.25) is 0 Å². The number of aromatic nitrogens is 1. The van der Waals surface area contributed by atoms with Gasteiger partial charge >= 0.3 is 0 Å². The number of halogens is 2. The molecule has 0 fully saturated rings. The maximum atomic E-state index is 15.8. The normalized spacial score (nSPS) is 13.3. The van der Waals surface area contributed by atoms with Crippen molar-refractivity contribution in [1.29, 1.82) is 0 Å². The zero-order valence-corrected chi connectivity index (χ0v) is 26.7. The molecular weight excluding hydrogens is 623 g/mol. The highest BCUT2D eigenvalue weighted by atomic mass is 32.1. The van der Waals surface area contributed by atoms with Gasteiger partial charge in [0.15, 0.2) is 10.3 Å². The topological polar surface area (TPSA) is 11.4 Å². The fourth-order valence-electron chi connectivity index (χ4n) is 7.66. The van der Waals surface area contributed by atoms with Gasteiger partial charge < -0.3 is 14.4 Å². The molecule has 0 spiro atoms. The SMILES string of the molecule is Cc1c(F)sc2c1N(c1ccccc1)c1cc(-n3c4ccccc4c4ccccc43)cc3c1B2c1sc(F)cc1N3c1ccccc1. The first kappa shape index (κ1) is 27.0. The lowest BCUT2D eigenvalue weighted by Crippen LogP contribution is -2.59. The van der Waals surface area contributed by atoms with Crippen LogP contribution < -0.4 is 24.8 Å². The lowest BCUT2D eigenvalue weighted by Gasteiger charge is -2.42. The average Bonchev–Trinajstić information content (AvgIpc) is 3.75. The largest absolute Gasteiger partial charge is 0.310 e. The standard InChI is InChI=1S/C39H24BF2N3S2/c1-23-36-38(47-39(23)42)40-35-31(43(24-12-4-2-5-13-24)33-22-34(41)46-37(33)40)20-26(21-32(35)45(36)25-14-6-3-7-15-25)44-29-18-10-8-16-27(29)28-17-9-11-19-30(28)44/h2-22H,1H3. The van der Waals surface area contributed by atoms with Crippen molar-refractivity contribution in [2.75, 3.05) is 9.80 Å². The molecule has 5 aromatic carbocycles. The van der Waals surface area contributed by atoms with Crippen LogP contribution in [0.25, 0.3) is 27.5 Å². The fourth-order valence-corrected chi connectivity index (χ4v) is 9.86. The Morgan fingerprint density at radius 3 is 1.74 bits per heavy atom. The number of anilines is 6. The van der Waals surface area contributed by atoms with Crippen LogP contribution in [0, 0.1) is 17.2 Å². The number of thiophene rings is 2. The maximum absolute atomic E-state index is 15.8. The minimum Gasteiger partial charge on any atom is -0.310 e. The van der Waals surface area contributed by atoms with Gasteiger partial charge in [0.1, 0.15) is 0 Å². The Labute approximate surface area is 278 Å². The molecule has 10 rings (SSSR count). The molecule has 0 atom stereocenters. The number of nitrogens with zero attached hydrogens (tertiary/aromatic N) is 3.